The van der Waals surface area contributed by atoms with E-state index >= 15 is 0 Å². The van der Waals surface area contributed by atoms with Crippen molar-refractivity contribution in [1.82, 2.24) is 10.3 Å². The largest absolute Gasteiger partial charge is 0.480 e. The van der Waals surface area contributed by atoms with E-state index in [4.69, 9.17) is 5.73 Å². The van der Waals surface area contributed by atoms with Gasteiger partial charge in [-0.2, -0.15) is 0 Å². The summed E-state index contributed by atoms with van der Waals surface area (Å²) in [6.07, 6.45) is 0.793. The van der Waals surface area contributed by atoms with E-state index in [2.05, 4.69) is 10.3 Å². The Morgan fingerprint density at radius 3 is 2.68 bits per heavy atom. The van der Waals surface area contributed by atoms with Crippen LogP contribution < -0.4 is 11.1 Å². The van der Waals surface area contributed by atoms with Crippen molar-refractivity contribution in [3.05, 3.63) is 36.0 Å². The van der Waals surface area contributed by atoms with Crippen LogP contribution in [0.25, 0.3) is 10.9 Å². The average molecular weight is 305 g/mol. The van der Waals surface area contributed by atoms with Crippen molar-refractivity contribution in [2.45, 2.75) is 31.5 Å². The number of para-hydroxylation sites is 1. The van der Waals surface area contributed by atoms with Gasteiger partial charge in [-0.05, 0) is 18.6 Å². The summed E-state index contributed by atoms with van der Waals surface area (Å²) in [5.74, 6) is -1.85. The summed E-state index contributed by atoms with van der Waals surface area (Å²) in [6.45, 7) is 1.37. The molecule has 0 unspecified atom stereocenters. The number of aromatic amines is 1. The molecule has 1 aromatic heterocycles. The Labute approximate surface area is 127 Å². The zero-order valence-corrected chi connectivity index (χ0v) is 12.1. The van der Waals surface area contributed by atoms with Crippen molar-refractivity contribution in [2.24, 2.45) is 5.73 Å². The van der Waals surface area contributed by atoms with E-state index in [-0.39, 0.29) is 6.42 Å². The number of carbonyl (C=O) groups is 2. The molecule has 0 spiro atoms. The molecule has 7 heteroatoms. The smallest absolute Gasteiger partial charge is 0.326 e. The predicted molar refractivity (Wildman–Crippen MR) is 81.2 cm³/mol. The van der Waals surface area contributed by atoms with Gasteiger partial charge >= 0.3 is 5.97 Å². The van der Waals surface area contributed by atoms with Crippen molar-refractivity contribution in [2.75, 3.05) is 0 Å². The number of nitrogens with two attached hydrogens (primary N) is 1. The van der Waals surface area contributed by atoms with Gasteiger partial charge in [-0.3, -0.25) is 4.79 Å². The van der Waals surface area contributed by atoms with Gasteiger partial charge in [-0.1, -0.05) is 18.2 Å². The van der Waals surface area contributed by atoms with Crippen molar-refractivity contribution in [1.29, 1.82) is 0 Å². The number of aliphatic hydroxyl groups excluding tert-OH is 1. The first-order valence-corrected chi connectivity index (χ1v) is 6.92. The van der Waals surface area contributed by atoms with Crippen molar-refractivity contribution >= 4 is 22.8 Å². The van der Waals surface area contributed by atoms with E-state index < -0.39 is 30.1 Å². The molecule has 1 heterocycles. The molecule has 1 amide bonds. The predicted octanol–water partition coefficient (Wildman–Crippen LogP) is -0.0121. The summed E-state index contributed by atoms with van der Waals surface area (Å²) in [4.78, 5) is 26.2. The number of H-pyrrole nitrogens is 1. The third kappa shape index (κ3) is 3.44. The summed E-state index contributed by atoms with van der Waals surface area (Å²) in [5.41, 5.74) is 7.19. The van der Waals surface area contributed by atoms with Gasteiger partial charge in [0.1, 0.15) is 12.1 Å². The molecule has 6 N–H and O–H groups in total. The first kappa shape index (κ1) is 16.0. The fourth-order valence-electron chi connectivity index (χ4n) is 2.21. The van der Waals surface area contributed by atoms with Crippen LogP contribution in [0.15, 0.2) is 30.5 Å². The fourth-order valence-corrected chi connectivity index (χ4v) is 2.21. The van der Waals surface area contributed by atoms with Gasteiger partial charge in [0.05, 0.1) is 6.10 Å². The summed E-state index contributed by atoms with van der Waals surface area (Å²) in [5, 5.41) is 21.9. The number of aliphatic hydroxyl groups is 1. The number of carboxylic acids is 1. The molecule has 2 rings (SSSR count). The highest BCUT2D eigenvalue weighted by Crippen LogP contribution is 2.19. The van der Waals surface area contributed by atoms with Crippen LogP contribution in [-0.2, 0) is 16.0 Å². The molecule has 0 aliphatic rings. The molecule has 1 aromatic carbocycles. The van der Waals surface area contributed by atoms with Crippen LogP contribution >= 0.6 is 0 Å². The van der Waals surface area contributed by atoms with Gasteiger partial charge in [0.15, 0.2) is 0 Å². The number of rotatable bonds is 6. The van der Waals surface area contributed by atoms with E-state index in [1.807, 2.05) is 24.3 Å². The Bertz CT molecular complexity index is 680. The molecule has 0 radical (unpaired) electrons. The maximum absolute atomic E-state index is 11.8. The lowest BCUT2D eigenvalue weighted by molar-refractivity contribution is -0.142. The number of carboxylic acid groups (broad SMARTS) is 1. The number of carbonyl (C=O) groups excluding carboxylic acids is 1. The Morgan fingerprint density at radius 1 is 1.36 bits per heavy atom. The molecular formula is C15H19N3O4. The molecule has 3 atom stereocenters. The minimum Gasteiger partial charge on any atom is -0.480 e. The molecular weight excluding hydrogens is 286 g/mol. The molecule has 0 aliphatic heterocycles. The van der Waals surface area contributed by atoms with E-state index in [0.29, 0.717) is 0 Å². The third-order valence-electron chi connectivity index (χ3n) is 3.54. The Hall–Kier alpha value is -2.38. The Balaban J connectivity index is 2.16. The van der Waals surface area contributed by atoms with E-state index in [9.17, 15) is 19.8 Å². The molecule has 0 saturated carbocycles. The number of aliphatic carboxylic acids is 1. The van der Waals surface area contributed by atoms with Crippen LogP contribution in [0.2, 0.25) is 0 Å². The number of benzene rings is 1. The maximum Gasteiger partial charge on any atom is 0.326 e. The molecule has 0 fully saturated rings. The first-order chi connectivity index (χ1) is 10.4. The maximum atomic E-state index is 11.8. The zero-order valence-electron chi connectivity index (χ0n) is 12.1. The number of fused-ring (bicyclic) bond motifs is 1. The fraction of sp³-hybridized carbons (Fsp3) is 0.333. The molecule has 22 heavy (non-hydrogen) atoms. The number of hydrogen-bond acceptors (Lipinski definition) is 4. The first-order valence-electron chi connectivity index (χ1n) is 6.92. The topological polar surface area (TPSA) is 128 Å². The second-order valence-corrected chi connectivity index (χ2v) is 5.23. The lowest BCUT2D eigenvalue weighted by Crippen LogP contribution is -2.52. The second-order valence-electron chi connectivity index (χ2n) is 5.23. The lowest BCUT2D eigenvalue weighted by Gasteiger charge is -2.19. The lowest BCUT2D eigenvalue weighted by atomic mass is 10.0. The number of amides is 1. The number of aromatic nitrogens is 1. The summed E-state index contributed by atoms with van der Waals surface area (Å²) in [7, 11) is 0. The standard InChI is InChI=1S/C15H19N3O4/c1-8(19)13(16)14(20)18-12(15(21)22)6-9-7-17-11-5-3-2-4-10(9)11/h2-5,7-8,12-13,17,19H,6,16H2,1H3,(H,18,20)(H,21,22)/t8-,12+,13+/m1/s1. The second kappa shape index (κ2) is 6.59. The molecule has 7 nitrogen and oxygen atoms in total. The highest BCUT2D eigenvalue weighted by Gasteiger charge is 2.26. The Morgan fingerprint density at radius 2 is 2.05 bits per heavy atom. The van der Waals surface area contributed by atoms with Crippen LogP contribution in [0.3, 0.4) is 0 Å². The monoisotopic (exact) mass is 305 g/mol. The van der Waals surface area contributed by atoms with Crippen LogP contribution in [0, 0.1) is 0 Å². The molecule has 0 saturated heterocycles. The molecule has 2 aromatic rings. The van der Waals surface area contributed by atoms with Gasteiger partial charge in [0.25, 0.3) is 0 Å². The Kier molecular flexibility index (Phi) is 4.79. The van der Waals surface area contributed by atoms with Crippen LogP contribution in [0.4, 0.5) is 0 Å². The summed E-state index contributed by atoms with van der Waals surface area (Å²) in [6, 6.07) is 5.22. The SMILES string of the molecule is C[C@@H](O)[C@H](N)C(=O)N[C@@H](Cc1c[nH]c2ccccc12)C(=O)O. The normalized spacial score (nSPS) is 15.2. The van der Waals surface area contributed by atoms with E-state index in [0.717, 1.165) is 16.5 Å². The van der Waals surface area contributed by atoms with Crippen molar-refractivity contribution in [3.8, 4) is 0 Å². The highest BCUT2D eigenvalue weighted by atomic mass is 16.4. The minimum absolute atomic E-state index is 0.123. The average Bonchev–Trinajstić information content (AvgIpc) is 2.88. The summed E-state index contributed by atoms with van der Waals surface area (Å²) < 4.78 is 0. The number of nitrogens with one attached hydrogen (secondary N) is 2. The van der Waals surface area contributed by atoms with E-state index in [1.165, 1.54) is 6.92 Å². The summed E-state index contributed by atoms with van der Waals surface area (Å²) >= 11 is 0. The molecule has 118 valence electrons. The minimum atomic E-state index is -1.16. The van der Waals surface area contributed by atoms with Gasteiger partial charge in [0.2, 0.25) is 5.91 Å². The van der Waals surface area contributed by atoms with Gasteiger partial charge in [-0.25, -0.2) is 4.79 Å². The third-order valence-corrected chi connectivity index (χ3v) is 3.54. The van der Waals surface area contributed by atoms with Crippen molar-refractivity contribution < 1.29 is 19.8 Å². The quantitative estimate of drug-likeness (QED) is 0.512. The van der Waals surface area contributed by atoms with Crippen molar-refractivity contribution in [3.63, 3.8) is 0 Å². The van der Waals surface area contributed by atoms with Crippen LogP contribution in [-0.4, -0.2) is 45.3 Å². The molecule has 0 bridgehead atoms. The van der Waals surface area contributed by atoms with Gasteiger partial charge < -0.3 is 26.2 Å². The van der Waals surface area contributed by atoms with E-state index in [1.54, 1.807) is 6.20 Å². The number of hydrogen-bond donors (Lipinski definition) is 5. The van der Waals surface area contributed by atoms with Gasteiger partial charge in [0, 0.05) is 23.5 Å². The highest BCUT2D eigenvalue weighted by molar-refractivity contribution is 5.88. The van der Waals surface area contributed by atoms with Crippen LogP contribution in [0.5, 0.6) is 0 Å². The van der Waals surface area contributed by atoms with Gasteiger partial charge in [-0.15, -0.1) is 0 Å². The molecule has 0 aliphatic carbocycles. The zero-order chi connectivity index (χ0) is 16.3. The van der Waals surface area contributed by atoms with Crippen LogP contribution in [0.1, 0.15) is 12.5 Å².